The van der Waals surface area contributed by atoms with Crippen LogP contribution in [0.1, 0.15) is 42.5 Å². The first-order chi connectivity index (χ1) is 13.3. The van der Waals surface area contributed by atoms with E-state index in [2.05, 4.69) is 21.2 Å². The lowest BCUT2D eigenvalue weighted by Gasteiger charge is -2.30. The molecule has 0 aliphatic heterocycles. The number of nitrogens with zero attached hydrogens (tertiary/aromatic N) is 1. The summed E-state index contributed by atoms with van der Waals surface area (Å²) < 4.78 is 40.7. The molecule has 0 atom stereocenters. The molecule has 0 heterocycles. The van der Waals surface area contributed by atoms with Crippen LogP contribution in [0.25, 0.3) is 0 Å². The van der Waals surface area contributed by atoms with E-state index in [-0.39, 0.29) is 16.5 Å². The Morgan fingerprint density at radius 1 is 1.11 bits per heavy atom. The standard InChI is InChI=1S/C20H22BrFN2O3S/c1-24(16-5-3-2-4-6-16)28(26,27)17-10-8-15(9-11-17)23-20(25)18-12-7-14(22)13-19(18)21/h7-13,16H,2-6H2,1H3,(H,23,25). The first-order valence-electron chi connectivity index (χ1n) is 9.13. The number of nitrogens with one attached hydrogen (secondary N) is 1. The molecule has 0 aromatic heterocycles. The molecule has 0 unspecified atom stereocenters. The van der Waals surface area contributed by atoms with Crippen molar-refractivity contribution in [3.63, 3.8) is 0 Å². The third kappa shape index (κ3) is 4.61. The van der Waals surface area contributed by atoms with Gasteiger partial charge >= 0.3 is 0 Å². The molecule has 0 radical (unpaired) electrons. The van der Waals surface area contributed by atoms with Crippen LogP contribution in [0.4, 0.5) is 10.1 Å². The fraction of sp³-hybridized carbons (Fsp3) is 0.350. The van der Waals surface area contributed by atoms with Gasteiger partial charge in [-0.05, 0) is 71.2 Å². The van der Waals surface area contributed by atoms with Crippen molar-refractivity contribution in [1.82, 2.24) is 4.31 Å². The van der Waals surface area contributed by atoms with E-state index in [0.29, 0.717) is 10.2 Å². The summed E-state index contributed by atoms with van der Waals surface area (Å²) in [5.41, 5.74) is 0.746. The van der Waals surface area contributed by atoms with Crippen molar-refractivity contribution in [2.45, 2.75) is 43.0 Å². The monoisotopic (exact) mass is 468 g/mol. The molecule has 2 aromatic rings. The number of hydrogen-bond acceptors (Lipinski definition) is 3. The van der Waals surface area contributed by atoms with Crippen LogP contribution in [0, 0.1) is 5.82 Å². The molecule has 1 aliphatic carbocycles. The van der Waals surface area contributed by atoms with Crippen LogP contribution in [0.3, 0.4) is 0 Å². The summed E-state index contributed by atoms with van der Waals surface area (Å²) >= 11 is 3.17. The van der Waals surface area contributed by atoms with Gasteiger partial charge in [-0.2, -0.15) is 4.31 Å². The highest BCUT2D eigenvalue weighted by Gasteiger charge is 2.29. The third-order valence-electron chi connectivity index (χ3n) is 5.05. The van der Waals surface area contributed by atoms with Gasteiger partial charge in [-0.15, -0.1) is 0 Å². The van der Waals surface area contributed by atoms with E-state index >= 15 is 0 Å². The second-order valence-electron chi connectivity index (χ2n) is 6.92. The number of anilines is 1. The summed E-state index contributed by atoms with van der Waals surface area (Å²) in [6, 6.07) is 9.92. The van der Waals surface area contributed by atoms with Crippen molar-refractivity contribution in [3.05, 3.63) is 58.3 Å². The molecule has 0 bridgehead atoms. The van der Waals surface area contributed by atoms with Gasteiger partial charge in [-0.1, -0.05) is 19.3 Å². The van der Waals surface area contributed by atoms with E-state index < -0.39 is 21.7 Å². The Morgan fingerprint density at radius 3 is 2.36 bits per heavy atom. The van der Waals surface area contributed by atoms with E-state index in [0.717, 1.165) is 32.1 Å². The maximum Gasteiger partial charge on any atom is 0.256 e. The zero-order chi connectivity index (χ0) is 20.3. The molecule has 1 amide bonds. The predicted octanol–water partition coefficient (Wildman–Crippen LogP) is 4.79. The van der Waals surface area contributed by atoms with Gasteiger partial charge in [-0.25, -0.2) is 12.8 Å². The molecular weight excluding hydrogens is 447 g/mol. The fourth-order valence-electron chi connectivity index (χ4n) is 3.39. The van der Waals surface area contributed by atoms with E-state index in [1.165, 1.54) is 34.6 Å². The minimum Gasteiger partial charge on any atom is -0.322 e. The summed E-state index contributed by atoms with van der Waals surface area (Å²) in [5.74, 6) is -0.859. The first-order valence-corrected chi connectivity index (χ1v) is 11.4. The number of halogens is 2. The second kappa shape index (κ2) is 8.71. The molecule has 1 N–H and O–H groups in total. The summed E-state index contributed by atoms with van der Waals surface area (Å²) in [7, 11) is -1.94. The Balaban J connectivity index is 1.72. The molecule has 1 fully saturated rings. The average Bonchev–Trinajstić information content (AvgIpc) is 2.68. The van der Waals surface area contributed by atoms with E-state index in [1.54, 1.807) is 19.2 Å². The van der Waals surface area contributed by atoms with Crippen LogP contribution in [0.15, 0.2) is 51.8 Å². The maximum absolute atomic E-state index is 13.2. The van der Waals surface area contributed by atoms with Crippen molar-refractivity contribution in [2.75, 3.05) is 12.4 Å². The topological polar surface area (TPSA) is 66.5 Å². The third-order valence-corrected chi connectivity index (χ3v) is 7.63. The van der Waals surface area contributed by atoms with Crippen LogP contribution in [-0.2, 0) is 10.0 Å². The Labute approximate surface area is 173 Å². The molecule has 1 aliphatic rings. The fourth-order valence-corrected chi connectivity index (χ4v) is 5.34. The van der Waals surface area contributed by atoms with Gasteiger partial charge < -0.3 is 5.32 Å². The highest BCUT2D eigenvalue weighted by Crippen LogP contribution is 2.27. The molecule has 2 aromatic carbocycles. The van der Waals surface area contributed by atoms with Crippen molar-refractivity contribution in [2.24, 2.45) is 0 Å². The van der Waals surface area contributed by atoms with Gasteiger partial charge in [0.1, 0.15) is 5.82 Å². The minimum atomic E-state index is -3.58. The zero-order valence-corrected chi connectivity index (χ0v) is 17.9. The first kappa shape index (κ1) is 21.0. The Kier molecular flexibility index (Phi) is 6.52. The lowest BCUT2D eigenvalue weighted by Crippen LogP contribution is -2.38. The molecule has 28 heavy (non-hydrogen) atoms. The van der Waals surface area contributed by atoms with E-state index in [1.807, 2.05) is 0 Å². The summed E-state index contributed by atoms with van der Waals surface area (Å²) in [4.78, 5) is 12.5. The molecular formula is C20H22BrFN2O3S. The van der Waals surface area contributed by atoms with E-state index in [9.17, 15) is 17.6 Å². The van der Waals surface area contributed by atoms with Crippen molar-refractivity contribution < 1.29 is 17.6 Å². The highest BCUT2D eigenvalue weighted by atomic mass is 79.9. The number of carbonyl (C=O) groups excluding carboxylic acids is 1. The van der Waals surface area contributed by atoms with Gasteiger partial charge in [-0.3, -0.25) is 4.79 Å². The normalized spacial score (nSPS) is 15.6. The summed E-state index contributed by atoms with van der Waals surface area (Å²) in [6.45, 7) is 0. The molecule has 0 saturated heterocycles. The van der Waals surface area contributed by atoms with Crippen molar-refractivity contribution >= 4 is 37.5 Å². The van der Waals surface area contributed by atoms with Crippen LogP contribution in [-0.4, -0.2) is 31.7 Å². The number of benzene rings is 2. The minimum absolute atomic E-state index is 0.0361. The maximum atomic E-state index is 13.2. The molecule has 5 nitrogen and oxygen atoms in total. The van der Waals surface area contributed by atoms with Gasteiger partial charge in [0.15, 0.2) is 0 Å². The molecule has 8 heteroatoms. The lowest BCUT2D eigenvalue weighted by molar-refractivity contribution is 0.102. The van der Waals surface area contributed by atoms with Crippen LogP contribution in [0.5, 0.6) is 0 Å². The Hall–Kier alpha value is -1.77. The summed E-state index contributed by atoms with van der Waals surface area (Å²) in [6.07, 6.45) is 5.03. The lowest BCUT2D eigenvalue weighted by atomic mass is 9.96. The number of rotatable bonds is 5. The highest BCUT2D eigenvalue weighted by molar-refractivity contribution is 9.10. The number of amides is 1. The van der Waals surface area contributed by atoms with Gasteiger partial charge in [0.25, 0.3) is 5.91 Å². The average molecular weight is 469 g/mol. The van der Waals surface area contributed by atoms with E-state index in [4.69, 9.17) is 0 Å². The largest absolute Gasteiger partial charge is 0.322 e. The predicted molar refractivity (Wildman–Crippen MR) is 110 cm³/mol. The van der Waals surface area contributed by atoms with Crippen LogP contribution >= 0.6 is 15.9 Å². The quantitative estimate of drug-likeness (QED) is 0.685. The molecule has 3 rings (SSSR count). The molecule has 150 valence electrons. The van der Waals surface area contributed by atoms with Crippen molar-refractivity contribution in [3.8, 4) is 0 Å². The SMILES string of the molecule is CN(C1CCCCC1)S(=O)(=O)c1ccc(NC(=O)c2ccc(F)cc2Br)cc1. The van der Waals surface area contributed by atoms with Crippen molar-refractivity contribution in [1.29, 1.82) is 0 Å². The zero-order valence-electron chi connectivity index (χ0n) is 15.5. The number of sulfonamides is 1. The Morgan fingerprint density at radius 2 is 1.75 bits per heavy atom. The number of hydrogen-bond donors (Lipinski definition) is 1. The second-order valence-corrected chi connectivity index (χ2v) is 9.77. The Bertz CT molecular complexity index is 958. The molecule has 1 saturated carbocycles. The summed E-state index contributed by atoms with van der Waals surface area (Å²) in [5, 5.41) is 2.69. The van der Waals surface area contributed by atoms with Gasteiger partial charge in [0.05, 0.1) is 10.5 Å². The van der Waals surface area contributed by atoms with Crippen LogP contribution in [0.2, 0.25) is 0 Å². The van der Waals surface area contributed by atoms with Gasteiger partial charge in [0, 0.05) is 23.2 Å². The van der Waals surface area contributed by atoms with Crippen LogP contribution < -0.4 is 5.32 Å². The van der Waals surface area contributed by atoms with Gasteiger partial charge in [0.2, 0.25) is 10.0 Å². The smallest absolute Gasteiger partial charge is 0.256 e. The molecule has 0 spiro atoms. The number of carbonyl (C=O) groups is 1.